The zero-order valence-corrected chi connectivity index (χ0v) is 8.22. The summed E-state index contributed by atoms with van der Waals surface area (Å²) in [5.41, 5.74) is 0. The van der Waals surface area contributed by atoms with Gasteiger partial charge in [0.1, 0.15) is 24.5 Å². The normalized spacial score (nSPS) is 10.3. The fourth-order valence-electron chi connectivity index (χ4n) is 1.14. The van der Waals surface area contributed by atoms with E-state index in [1.165, 1.54) is 12.1 Å². The van der Waals surface area contributed by atoms with Crippen LogP contribution >= 0.6 is 0 Å². The van der Waals surface area contributed by atoms with E-state index in [2.05, 4.69) is 10.2 Å². The second kappa shape index (κ2) is 4.08. The Bertz CT molecular complexity index is 455. The Balaban J connectivity index is 2.02. The molecule has 0 unspecified atom stereocenters. The molecule has 0 atom stereocenters. The lowest BCUT2D eigenvalue weighted by Gasteiger charge is -2.04. The zero-order valence-electron chi connectivity index (χ0n) is 8.22. The number of hydrogen-bond donors (Lipinski definition) is 0. The van der Waals surface area contributed by atoms with Gasteiger partial charge in [-0.2, -0.15) is 0 Å². The van der Waals surface area contributed by atoms with Crippen molar-refractivity contribution in [2.24, 2.45) is 7.05 Å². The van der Waals surface area contributed by atoms with Gasteiger partial charge in [0.2, 0.25) is 0 Å². The number of aromatic nitrogens is 3. The minimum absolute atomic E-state index is 0.278. The quantitative estimate of drug-likeness (QED) is 0.766. The van der Waals surface area contributed by atoms with Crippen molar-refractivity contribution in [1.29, 1.82) is 0 Å². The summed E-state index contributed by atoms with van der Waals surface area (Å²) in [7, 11) is 1.82. The maximum absolute atomic E-state index is 12.8. The van der Waals surface area contributed by atoms with E-state index in [9.17, 15) is 4.39 Å². The largest absolute Gasteiger partial charge is 0.486 e. The highest BCUT2D eigenvalue weighted by Crippen LogP contribution is 2.13. The number of benzene rings is 1. The van der Waals surface area contributed by atoms with Crippen LogP contribution in [0.15, 0.2) is 30.6 Å². The molecule has 15 heavy (non-hydrogen) atoms. The average molecular weight is 207 g/mol. The molecule has 4 nitrogen and oxygen atoms in total. The molecule has 0 saturated heterocycles. The molecule has 1 aromatic heterocycles. The highest BCUT2D eigenvalue weighted by Gasteiger charge is 2.02. The highest BCUT2D eigenvalue weighted by molar-refractivity contribution is 5.22. The Morgan fingerprint density at radius 2 is 2.33 bits per heavy atom. The maximum atomic E-state index is 12.8. The van der Waals surface area contributed by atoms with Gasteiger partial charge in [0.05, 0.1) is 0 Å². The molecule has 0 amide bonds. The second-order valence-corrected chi connectivity index (χ2v) is 3.10. The van der Waals surface area contributed by atoms with Gasteiger partial charge in [-0.1, -0.05) is 6.07 Å². The fourth-order valence-corrected chi connectivity index (χ4v) is 1.14. The molecule has 1 heterocycles. The van der Waals surface area contributed by atoms with Gasteiger partial charge in [0.25, 0.3) is 0 Å². The highest BCUT2D eigenvalue weighted by atomic mass is 19.1. The monoisotopic (exact) mass is 207 g/mol. The average Bonchev–Trinajstić information content (AvgIpc) is 2.61. The van der Waals surface area contributed by atoms with Crippen LogP contribution in [0.1, 0.15) is 5.82 Å². The Morgan fingerprint density at radius 1 is 1.47 bits per heavy atom. The first-order valence-electron chi connectivity index (χ1n) is 4.47. The van der Waals surface area contributed by atoms with Crippen molar-refractivity contribution in [3.05, 3.63) is 42.2 Å². The van der Waals surface area contributed by atoms with Gasteiger partial charge in [-0.3, -0.25) is 0 Å². The molecule has 0 radical (unpaired) electrons. The fraction of sp³-hybridized carbons (Fsp3) is 0.200. The molecular weight excluding hydrogens is 197 g/mol. The Hall–Kier alpha value is -1.91. The molecule has 0 bridgehead atoms. The first-order chi connectivity index (χ1) is 7.25. The minimum atomic E-state index is -0.314. The van der Waals surface area contributed by atoms with Crippen molar-refractivity contribution >= 4 is 0 Å². The number of hydrogen-bond acceptors (Lipinski definition) is 3. The first-order valence-corrected chi connectivity index (χ1v) is 4.47. The third kappa shape index (κ3) is 2.31. The summed E-state index contributed by atoms with van der Waals surface area (Å²) in [5, 5.41) is 7.56. The second-order valence-electron chi connectivity index (χ2n) is 3.10. The van der Waals surface area contributed by atoms with Crippen LogP contribution in [0.5, 0.6) is 5.75 Å². The molecule has 0 aliphatic rings. The summed E-state index contributed by atoms with van der Waals surface area (Å²) < 4.78 is 19.9. The number of nitrogens with zero attached hydrogens (tertiary/aromatic N) is 3. The molecule has 0 saturated carbocycles. The van der Waals surface area contributed by atoms with Crippen molar-refractivity contribution < 1.29 is 9.13 Å². The topological polar surface area (TPSA) is 39.9 Å². The van der Waals surface area contributed by atoms with Crippen molar-refractivity contribution in [3.8, 4) is 5.75 Å². The van der Waals surface area contributed by atoms with E-state index in [0.717, 1.165) is 0 Å². The molecule has 1 aromatic carbocycles. The van der Waals surface area contributed by atoms with Crippen molar-refractivity contribution in [1.82, 2.24) is 14.8 Å². The smallest absolute Gasteiger partial charge is 0.170 e. The van der Waals surface area contributed by atoms with Crippen LogP contribution in [0.25, 0.3) is 0 Å². The van der Waals surface area contributed by atoms with Gasteiger partial charge in [0, 0.05) is 13.1 Å². The summed E-state index contributed by atoms with van der Waals surface area (Å²) in [6.07, 6.45) is 1.59. The lowest BCUT2D eigenvalue weighted by atomic mass is 10.3. The summed E-state index contributed by atoms with van der Waals surface area (Å²) >= 11 is 0. The SMILES string of the molecule is Cn1cnnc1COc1cccc(F)c1. The molecule has 0 spiro atoms. The van der Waals surface area contributed by atoms with Gasteiger partial charge in [-0.25, -0.2) is 4.39 Å². The lowest BCUT2D eigenvalue weighted by Crippen LogP contribution is -2.03. The third-order valence-electron chi connectivity index (χ3n) is 1.97. The number of halogens is 1. The molecule has 2 rings (SSSR count). The van der Waals surface area contributed by atoms with Crippen LogP contribution in [0.4, 0.5) is 4.39 Å². The molecule has 2 aromatic rings. The third-order valence-corrected chi connectivity index (χ3v) is 1.97. The van der Waals surface area contributed by atoms with E-state index in [1.54, 1.807) is 23.0 Å². The lowest BCUT2D eigenvalue weighted by molar-refractivity contribution is 0.290. The van der Waals surface area contributed by atoms with E-state index in [0.29, 0.717) is 11.6 Å². The Morgan fingerprint density at radius 3 is 3.00 bits per heavy atom. The zero-order chi connectivity index (χ0) is 10.7. The van der Waals surface area contributed by atoms with Gasteiger partial charge >= 0.3 is 0 Å². The van der Waals surface area contributed by atoms with Crippen LogP contribution in [0.3, 0.4) is 0 Å². The Kier molecular flexibility index (Phi) is 2.62. The van der Waals surface area contributed by atoms with Gasteiger partial charge in [-0.15, -0.1) is 10.2 Å². The van der Waals surface area contributed by atoms with Crippen molar-refractivity contribution in [2.45, 2.75) is 6.61 Å². The predicted molar refractivity (Wildman–Crippen MR) is 51.7 cm³/mol. The molecule has 78 valence electrons. The first kappa shape index (κ1) is 9.64. The molecule has 0 aliphatic carbocycles. The molecule has 5 heteroatoms. The summed E-state index contributed by atoms with van der Waals surface area (Å²) in [6, 6.07) is 5.99. The van der Waals surface area contributed by atoms with E-state index in [-0.39, 0.29) is 12.4 Å². The van der Waals surface area contributed by atoms with Crippen LogP contribution in [0, 0.1) is 5.82 Å². The summed E-state index contributed by atoms with van der Waals surface area (Å²) in [6.45, 7) is 0.278. The number of ether oxygens (including phenoxy) is 1. The Labute approximate surface area is 86.3 Å². The standard InChI is InChI=1S/C10H10FN3O/c1-14-7-12-13-10(14)6-15-9-4-2-3-8(11)5-9/h2-5,7H,6H2,1H3. The van der Waals surface area contributed by atoms with E-state index >= 15 is 0 Å². The molecule has 0 aliphatic heterocycles. The summed E-state index contributed by atoms with van der Waals surface area (Å²) in [5.74, 6) is 0.864. The van der Waals surface area contributed by atoms with E-state index < -0.39 is 0 Å². The van der Waals surface area contributed by atoms with E-state index in [1.807, 2.05) is 7.05 Å². The maximum Gasteiger partial charge on any atom is 0.170 e. The van der Waals surface area contributed by atoms with Gasteiger partial charge < -0.3 is 9.30 Å². The van der Waals surface area contributed by atoms with Crippen molar-refractivity contribution in [3.63, 3.8) is 0 Å². The van der Waals surface area contributed by atoms with Crippen LogP contribution in [-0.2, 0) is 13.7 Å². The summed E-state index contributed by atoms with van der Waals surface area (Å²) in [4.78, 5) is 0. The minimum Gasteiger partial charge on any atom is -0.486 e. The van der Waals surface area contributed by atoms with E-state index in [4.69, 9.17) is 4.74 Å². The van der Waals surface area contributed by atoms with Crippen molar-refractivity contribution in [2.75, 3.05) is 0 Å². The van der Waals surface area contributed by atoms with Crippen LogP contribution in [0.2, 0.25) is 0 Å². The number of rotatable bonds is 3. The van der Waals surface area contributed by atoms with Crippen LogP contribution < -0.4 is 4.74 Å². The molecular formula is C10H10FN3O. The van der Waals surface area contributed by atoms with Crippen LogP contribution in [-0.4, -0.2) is 14.8 Å². The van der Waals surface area contributed by atoms with Gasteiger partial charge in [-0.05, 0) is 12.1 Å². The van der Waals surface area contributed by atoms with Gasteiger partial charge in [0.15, 0.2) is 5.82 Å². The number of aryl methyl sites for hydroxylation is 1. The molecule has 0 N–H and O–H groups in total. The molecule has 0 fully saturated rings. The predicted octanol–water partition coefficient (Wildman–Crippen LogP) is 1.53.